The fraction of sp³-hybridized carbons (Fsp3) is 0.500. The minimum atomic E-state index is -2.90. The van der Waals surface area contributed by atoms with Crippen LogP contribution >= 0.6 is 0 Å². The smallest absolute Gasteiger partial charge is 0.280 e. The minimum absolute atomic E-state index is 0.169. The van der Waals surface area contributed by atoms with Gasteiger partial charge in [-0.05, 0) is 23.6 Å². The van der Waals surface area contributed by atoms with E-state index < -0.39 is 9.84 Å². The quantitative estimate of drug-likeness (QED) is 0.913. The second-order valence-electron chi connectivity index (χ2n) is 6.38. The second kappa shape index (κ2) is 6.05. The normalized spacial score (nSPS) is 18.6. The van der Waals surface area contributed by atoms with E-state index >= 15 is 0 Å². The number of aromatic amines is 1. The molecule has 0 radical (unpaired) electrons. The van der Waals surface area contributed by atoms with Gasteiger partial charge in [-0.2, -0.15) is 4.98 Å². The molecule has 1 fully saturated rings. The summed E-state index contributed by atoms with van der Waals surface area (Å²) >= 11 is 0. The van der Waals surface area contributed by atoms with Crippen LogP contribution in [0.1, 0.15) is 31.2 Å². The SMILES string of the molecule is CC(C)c1ccc2[nH]c(CN3CCS(=O)(=O)CC3)nc(=O)c2c1. The van der Waals surface area contributed by atoms with E-state index in [1.807, 2.05) is 23.1 Å². The van der Waals surface area contributed by atoms with Crippen molar-refractivity contribution >= 4 is 20.7 Å². The Morgan fingerprint density at radius 1 is 1.26 bits per heavy atom. The Labute approximate surface area is 135 Å². The van der Waals surface area contributed by atoms with Crippen LogP contribution in [0.25, 0.3) is 10.9 Å². The van der Waals surface area contributed by atoms with Gasteiger partial charge < -0.3 is 4.98 Å². The van der Waals surface area contributed by atoms with Crippen molar-refractivity contribution in [2.45, 2.75) is 26.3 Å². The van der Waals surface area contributed by atoms with E-state index in [2.05, 4.69) is 23.8 Å². The highest BCUT2D eigenvalue weighted by atomic mass is 32.2. The maximum atomic E-state index is 12.3. The van der Waals surface area contributed by atoms with E-state index in [0.717, 1.165) is 11.1 Å². The molecule has 1 aromatic heterocycles. The molecule has 1 saturated heterocycles. The molecule has 6 nitrogen and oxygen atoms in total. The fourth-order valence-electron chi connectivity index (χ4n) is 2.77. The van der Waals surface area contributed by atoms with Gasteiger partial charge in [-0.3, -0.25) is 9.69 Å². The number of hydrogen-bond donors (Lipinski definition) is 1. The van der Waals surface area contributed by atoms with Crippen molar-refractivity contribution in [2.24, 2.45) is 0 Å². The molecule has 1 aliphatic rings. The number of hydrogen-bond acceptors (Lipinski definition) is 5. The monoisotopic (exact) mass is 335 g/mol. The average Bonchev–Trinajstić information content (AvgIpc) is 2.49. The molecule has 0 aliphatic carbocycles. The van der Waals surface area contributed by atoms with E-state index in [-0.39, 0.29) is 17.1 Å². The zero-order valence-corrected chi connectivity index (χ0v) is 14.2. The van der Waals surface area contributed by atoms with E-state index in [9.17, 15) is 13.2 Å². The van der Waals surface area contributed by atoms with Gasteiger partial charge in [0.25, 0.3) is 5.56 Å². The van der Waals surface area contributed by atoms with Crippen molar-refractivity contribution in [3.63, 3.8) is 0 Å². The van der Waals surface area contributed by atoms with Gasteiger partial charge in [0.15, 0.2) is 9.84 Å². The zero-order chi connectivity index (χ0) is 16.6. The summed E-state index contributed by atoms with van der Waals surface area (Å²) in [5, 5.41) is 0.598. The van der Waals surface area contributed by atoms with Crippen LogP contribution in [0.5, 0.6) is 0 Å². The first kappa shape index (κ1) is 16.1. The highest BCUT2D eigenvalue weighted by Crippen LogP contribution is 2.18. The highest BCUT2D eigenvalue weighted by molar-refractivity contribution is 7.91. The number of nitrogens with zero attached hydrogens (tertiary/aromatic N) is 2. The van der Waals surface area contributed by atoms with E-state index in [4.69, 9.17) is 0 Å². The number of aromatic nitrogens is 2. The maximum Gasteiger partial charge on any atom is 0.280 e. The summed E-state index contributed by atoms with van der Waals surface area (Å²) in [6.45, 7) is 5.60. The molecular formula is C16H21N3O3S. The van der Waals surface area contributed by atoms with Crippen molar-refractivity contribution in [3.8, 4) is 0 Å². The third kappa shape index (κ3) is 3.61. The summed E-state index contributed by atoms with van der Waals surface area (Å²) in [6.07, 6.45) is 0. The van der Waals surface area contributed by atoms with Gasteiger partial charge in [0, 0.05) is 13.1 Å². The first-order valence-corrected chi connectivity index (χ1v) is 9.62. The Hall–Kier alpha value is -1.73. The molecular weight excluding hydrogens is 314 g/mol. The van der Waals surface area contributed by atoms with Crippen LogP contribution < -0.4 is 5.56 Å². The number of fused-ring (bicyclic) bond motifs is 1. The molecule has 2 aromatic rings. The lowest BCUT2D eigenvalue weighted by molar-refractivity contribution is 0.280. The number of rotatable bonds is 3. The largest absolute Gasteiger partial charge is 0.342 e. The summed E-state index contributed by atoms with van der Waals surface area (Å²) in [4.78, 5) is 21.6. The molecule has 7 heteroatoms. The maximum absolute atomic E-state index is 12.3. The molecule has 1 aliphatic heterocycles. The van der Waals surface area contributed by atoms with E-state index in [0.29, 0.717) is 36.8 Å². The molecule has 0 atom stereocenters. The summed E-state index contributed by atoms with van der Waals surface area (Å²) in [5.74, 6) is 1.28. The topological polar surface area (TPSA) is 83.1 Å². The van der Waals surface area contributed by atoms with Crippen LogP contribution in [0.15, 0.2) is 23.0 Å². The lowest BCUT2D eigenvalue weighted by atomic mass is 10.0. The Bertz CT molecular complexity index is 873. The third-order valence-corrected chi connectivity index (χ3v) is 5.88. The van der Waals surface area contributed by atoms with Gasteiger partial charge in [0.1, 0.15) is 5.82 Å². The standard InChI is InChI=1S/C16H21N3O3S/c1-11(2)12-3-4-14-13(9-12)16(20)18-15(17-14)10-19-5-7-23(21,22)8-6-19/h3-4,9,11H,5-8,10H2,1-2H3,(H,17,18,20). The second-order valence-corrected chi connectivity index (χ2v) is 8.68. The highest BCUT2D eigenvalue weighted by Gasteiger charge is 2.22. The van der Waals surface area contributed by atoms with E-state index in [1.54, 1.807) is 0 Å². The molecule has 23 heavy (non-hydrogen) atoms. The number of benzene rings is 1. The molecule has 0 bridgehead atoms. The summed E-state index contributed by atoms with van der Waals surface area (Å²) in [6, 6.07) is 5.82. The van der Waals surface area contributed by atoms with Gasteiger partial charge in [-0.1, -0.05) is 19.9 Å². The average molecular weight is 335 g/mol. The van der Waals surface area contributed by atoms with Crippen molar-refractivity contribution in [1.82, 2.24) is 14.9 Å². The van der Waals surface area contributed by atoms with Gasteiger partial charge in [0.05, 0.1) is 29.0 Å². The number of sulfone groups is 1. The lowest BCUT2D eigenvalue weighted by Crippen LogP contribution is -2.40. The predicted octanol–water partition coefficient (Wildman–Crippen LogP) is 1.28. The number of nitrogens with one attached hydrogen (secondary N) is 1. The molecule has 124 valence electrons. The lowest BCUT2D eigenvalue weighted by Gasteiger charge is -2.25. The van der Waals surface area contributed by atoms with Crippen molar-refractivity contribution in [3.05, 3.63) is 39.9 Å². The van der Waals surface area contributed by atoms with Crippen molar-refractivity contribution in [1.29, 1.82) is 0 Å². The fourth-order valence-corrected chi connectivity index (χ4v) is 4.05. The molecule has 2 heterocycles. The van der Waals surface area contributed by atoms with Crippen molar-refractivity contribution < 1.29 is 8.42 Å². The minimum Gasteiger partial charge on any atom is -0.342 e. The van der Waals surface area contributed by atoms with Crippen LogP contribution in [0.4, 0.5) is 0 Å². The Morgan fingerprint density at radius 3 is 2.61 bits per heavy atom. The van der Waals surface area contributed by atoms with Crippen LogP contribution in [0.2, 0.25) is 0 Å². The Morgan fingerprint density at radius 2 is 1.96 bits per heavy atom. The molecule has 0 unspecified atom stereocenters. The summed E-state index contributed by atoms with van der Waals surface area (Å²) in [5.41, 5.74) is 1.65. The van der Waals surface area contributed by atoms with E-state index in [1.165, 1.54) is 0 Å². The number of H-pyrrole nitrogens is 1. The van der Waals surface area contributed by atoms with Crippen LogP contribution in [0.3, 0.4) is 0 Å². The first-order valence-electron chi connectivity index (χ1n) is 7.80. The van der Waals surface area contributed by atoms with Crippen LogP contribution in [-0.2, 0) is 16.4 Å². The Balaban J connectivity index is 1.86. The first-order chi connectivity index (χ1) is 10.8. The van der Waals surface area contributed by atoms with Gasteiger partial charge >= 0.3 is 0 Å². The molecule has 1 aromatic carbocycles. The van der Waals surface area contributed by atoms with Gasteiger partial charge in [-0.15, -0.1) is 0 Å². The predicted molar refractivity (Wildman–Crippen MR) is 90.4 cm³/mol. The zero-order valence-electron chi connectivity index (χ0n) is 13.4. The molecule has 0 saturated carbocycles. The van der Waals surface area contributed by atoms with Gasteiger partial charge in [-0.25, -0.2) is 8.42 Å². The summed E-state index contributed by atoms with van der Waals surface area (Å²) < 4.78 is 22.9. The van der Waals surface area contributed by atoms with Gasteiger partial charge in [0.2, 0.25) is 0 Å². The van der Waals surface area contributed by atoms with Crippen molar-refractivity contribution in [2.75, 3.05) is 24.6 Å². The summed E-state index contributed by atoms with van der Waals surface area (Å²) in [7, 11) is -2.90. The molecule has 1 N–H and O–H groups in total. The van der Waals surface area contributed by atoms with Crippen LogP contribution in [-0.4, -0.2) is 47.9 Å². The molecule has 0 spiro atoms. The molecule has 0 amide bonds. The van der Waals surface area contributed by atoms with Crippen LogP contribution in [0, 0.1) is 0 Å². The molecule has 3 rings (SSSR count). The third-order valence-electron chi connectivity index (χ3n) is 4.27. The Kier molecular flexibility index (Phi) is 4.25.